The summed E-state index contributed by atoms with van der Waals surface area (Å²) >= 11 is 6.06. The third-order valence-electron chi connectivity index (χ3n) is 5.34. The van der Waals surface area contributed by atoms with Gasteiger partial charge in [-0.15, -0.1) is 13.2 Å². The Kier molecular flexibility index (Phi) is 8.96. The first-order chi connectivity index (χ1) is 17.4. The normalized spacial score (nSPS) is 11.8. The number of hydrogen-bond donors (Lipinski definition) is 1. The van der Waals surface area contributed by atoms with Gasteiger partial charge in [-0.3, -0.25) is 4.79 Å². The van der Waals surface area contributed by atoms with Crippen LogP contribution in [-0.2, 0) is 19.1 Å². The summed E-state index contributed by atoms with van der Waals surface area (Å²) in [4.78, 5) is 14.7. The maximum absolute atomic E-state index is 13.3. The van der Waals surface area contributed by atoms with Crippen LogP contribution in [0.15, 0.2) is 66.7 Å². The molecule has 0 radical (unpaired) electrons. The molecular weight excluding hydrogens is 522 g/mol. The van der Waals surface area contributed by atoms with E-state index in [4.69, 9.17) is 11.6 Å². The van der Waals surface area contributed by atoms with Crippen LogP contribution in [-0.4, -0.2) is 30.3 Å². The number of benzene rings is 3. The Morgan fingerprint density at radius 2 is 1.68 bits per heavy atom. The lowest BCUT2D eigenvalue weighted by Gasteiger charge is -2.25. The average Bonchev–Trinajstić information content (AvgIpc) is 2.83. The highest BCUT2D eigenvalue weighted by Gasteiger charge is 2.33. The van der Waals surface area contributed by atoms with E-state index >= 15 is 0 Å². The standard InChI is InChI=1S/C26H23ClF6N2O2/c1-2-34-22-15-23(37-26(31,32)33)21(27)14-19(22)16-35(24(36)18-8-4-3-5-9-18)12-11-17-7-6-10-20(13-17)25(28,29)30/h3-10,13-15,34H,2,11-12,16H2,1H3. The monoisotopic (exact) mass is 544 g/mol. The molecule has 0 saturated heterocycles. The van der Waals surface area contributed by atoms with Crippen molar-refractivity contribution in [3.05, 3.63) is 94.0 Å². The van der Waals surface area contributed by atoms with Crippen molar-refractivity contribution < 1.29 is 35.9 Å². The first-order valence-electron chi connectivity index (χ1n) is 11.2. The highest BCUT2D eigenvalue weighted by molar-refractivity contribution is 6.32. The number of anilines is 1. The molecule has 0 aromatic heterocycles. The summed E-state index contributed by atoms with van der Waals surface area (Å²) in [6.07, 6.45) is -9.34. The Hall–Kier alpha value is -3.40. The number of ether oxygens (including phenoxy) is 1. The quantitative estimate of drug-likeness (QED) is 0.282. The van der Waals surface area contributed by atoms with Crippen molar-refractivity contribution in [1.29, 1.82) is 0 Å². The summed E-state index contributed by atoms with van der Waals surface area (Å²) in [5.74, 6) is -1.000. The first-order valence-corrected chi connectivity index (χ1v) is 11.6. The van der Waals surface area contributed by atoms with Crippen LogP contribution in [0.2, 0.25) is 5.02 Å². The van der Waals surface area contributed by atoms with Crippen molar-refractivity contribution >= 4 is 23.2 Å². The fourth-order valence-electron chi connectivity index (χ4n) is 3.67. The van der Waals surface area contributed by atoms with Gasteiger partial charge in [0.05, 0.1) is 10.6 Å². The molecule has 0 aliphatic heterocycles. The largest absolute Gasteiger partial charge is 0.573 e. The van der Waals surface area contributed by atoms with Crippen LogP contribution in [0.3, 0.4) is 0 Å². The van der Waals surface area contributed by atoms with Crippen molar-refractivity contribution in [2.45, 2.75) is 32.4 Å². The second-order valence-electron chi connectivity index (χ2n) is 8.06. The molecule has 0 aliphatic carbocycles. The fourth-order valence-corrected chi connectivity index (χ4v) is 3.90. The molecule has 3 aromatic carbocycles. The van der Waals surface area contributed by atoms with E-state index in [-0.39, 0.29) is 30.2 Å². The van der Waals surface area contributed by atoms with Crippen LogP contribution in [0.5, 0.6) is 5.75 Å². The minimum absolute atomic E-state index is 0.0407. The molecule has 0 saturated carbocycles. The van der Waals surface area contributed by atoms with Gasteiger partial charge in [0.2, 0.25) is 0 Å². The lowest BCUT2D eigenvalue weighted by molar-refractivity contribution is -0.274. The topological polar surface area (TPSA) is 41.6 Å². The number of halogens is 7. The molecule has 0 unspecified atom stereocenters. The molecule has 198 valence electrons. The van der Waals surface area contributed by atoms with E-state index in [1.807, 2.05) is 0 Å². The first kappa shape index (κ1) is 28.2. The Morgan fingerprint density at radius 1 is 0.973 bits per heavy atom. The molecule has 0 bridgehead atoms. The maximum Gasteiger partial charge on any atom is 0.573 e. The minimum Gasteiger partial charge on any atom is -0.404 e. The van der Waals surface area contributed by atoms with Gasteiger partial charge in [0, 0.05) is 37.0 Å². The van der Waals surface area contributed by atoms with Crippen LogP contribution < -0.4 is 10.1 Å². The number of nitrogens with zero attached hydrogens (tertiary/aromatic N) is 1. The number of carbonyl (C=O) groups excluding carboxylic acids is 1. The third-order valence-corrected chi connectivity index (χ3v) is 5.64. The molecule has 1 amide bonds. The third kappa shape index (κ3) is 8.04. The Balaban J connectivity index is 1.93. The van der Waals surface area contributed by atoms with Gasteiger partial charge in [-0.2, -0.15) is 13.2 Å². The molecule has 11 heteroatoms. The lowest BCUT2D eigenvalue weighted by atomic mass is 10.1. The van der Waals surface area contributed by atoms with Crippen LogP contribution in [0.25, 0.3) is 0 Å². The molecule has 37 heavy (non-hydrogen) atoms. The van der Waals surface area contributed by atoms with E-state index in [1.165, 1.54) is 23.1 Å². The van der Waals surface area contributed by atoms with E-state index in [1.54, 1.807) is 37.3 Å². The van der Waals surface area contributed by atoms with E-state index in [9.17, 15) is 31.1 Å². The van der Waals surface area contributed by atoms with Crippen LogP contribution in [0.4, 0.5) is 32.0 Å². The SMILES string of the molecule is CCNc1cc(OC(F)(F)F)c(Cl)cc1CN(CCc1cccc(C(F)(F)F)c1)C(=O)c1ccccc1. The van der Waals surface area contributed by atoms with Gasteiger partial charge in [-0.1, -0.05) is 48.0 Å². The smallest absolute Gasteiger partial charge is 0.404 e. The van der Waals surface area contributed by atoms with Crippen molar-refractivity contribution in [2.24, 2.45) is 0 Å². The summed E-state index contributed by atoms with van der Waals surface area (Å²) in [7, 11) is 0. The Bertz CT molecular complexity index is 1220. The number of carbonyl (C=O) groups is 1. The van der Waals surface area contributed by atoms with Crippen LogP contribution in [0, 0.1) is 0 Å². The summed E-state index contributed by atoms with van der Waals surface area (Å²) in [5, 5.41) is 2.64. The molecule has 0 spiro atoms. The van der Waals surface area contributed by atoms with Gasteiger partial charge in [0.1, 0.15) is 5.75 Å². The Labute approximate surface area is 214 Å². The van der Waals surface area contributed by atoms with Crippen LogP contribution in [0.1, 0.15) is 34.0 Å². The summed E-state index contributed by atoms with van der Waals surface area (Å²) in [6, 6.07) is 15.4. The second kappa shape index (κ2) is 11.8. The van der Waals surface area contributed by atoms with Gasteiger partial charge in [-0.05, 0) is 48.7 Å². The van der Waals surface area contributed by atoms with Gasteiger partial charge in [-0.25, -0.2) is 0 Å². The molecule has 0 atom stereocenters. The van der Waals surface area contributed by atoms with E-state index in [0.717, 1.165) is 18.2 Å². The van der Waals surface area contributed by atoms with Gasteiger partial charge in [0.25, 0.3) is 5.91 Å². The van der Waals surface area contributed by atoms with Gasteiger partial charge in [0.15, 0.2) is 0 Å². The van der Waals surface area contributed by atoms with Crippen molar-refractivity contribution in [3.63, 3.8) is 0 Å². The molecule has 3 rings (SSSR count). The molecule has 0 fully saturated rings. The maximum atomic E-state index is 13.3. The predicted octanol–water partition coefficient (Wildman–Crippen LogP) is 7.57. The molecule has 3 aromatic rings. The fraction of sp³-hybridized carbons (Fsp3) is 0.269. The number of nitrogens with one attached hydrogen (secondary N) is 1. The zero-order valence-electron chi connectivity index (χ0n) is 19.6. The van der Waals surface area contributed by atoms with E-state index in [0.29, 0.717) is 23.2 Å². The average molecular weight is 545 g/mol. The highest BCUT2D eigenvalue weighted by atomic mass is 35.5. The molecule has 0 aliphatic rings. The number of hydrogen-bond acceptors (Lipinski definition) is 3. The van der Waals surface area contributed by atoms with E-state index in [2.05, 4.69) is 10.1 Å². The molecule has 1 N–H and O–H groups in total. The summed E-state index contributed by atoms with van der Waals surface area (Å²) < 4.78 is 81.7. The van der Waals surface area contributed by atoms with Crippen molar-refractivity contribution in [3.8, 4) is 5.75 Å². The molecule has 4 nitrogen and oxygen atoms in total. The Morgan fingerprint density at radius 3 is 2.30 bits per heavy atom. The highest BCUT2D eigenvalue weighted by Crippen LogP contribution is 2.36. The van der Waals surface area contributed by atoms with E-state index < -0.39 is 29.8 Å². The molecule has 0 heterocycles. The predicted molar refractivity (Wildman–Crippen MR) is 129 cm³/mol. The summed E-state index contributed by atoms with van der Waals surface area (Å²) in [6.45, 7) is 2.07. The number of amides is 1. The van der Waals surface area contributed by atoms with Crippen molar-refractivity contribution in [1.82, 2.24) is 4.90 Å². The zero-order valence-corrected chi connectivity index (χ0v) is 20.3. The summed E-state index contributed by atoms with van der Waals surface area (Å²) in [5.41, 5.74) is 0.609. The van der Waals surface area contributed by atoms with Gasteiger partial charge >= 0.3 is 12.5 Å². The second-order valence-corrected chi connectivity index (χ2v) is 8.47. The zero-order chi connectivity index (χ0) is 27.2. The minimum atomic E-state index is -4.95. The number of rotatable bonds is 9. The lowest BCUT2D eigenvalue weighted by Crippen LogP contribution is -2.33. The van der Waals surface area contributed by atoms with Crippen LogP contribution >= 0.6 is 11.6 Å². The van der Waals surface area contributed by atoms with Crippen molar-refractivity contribution in [2.75, 3.05) is 18.4 Å². The van der Waals surface area contributed by atoms with Gasteiger partial charge < -0.3 is 15.0 Å². The molecular formula is C26H23ClF6N2O2. The number of alkyl halides is 6.